The van der Waals surface area contributed by atoms with Gasteiger partial charge >= 0.3 is 5.69 Å². The van der Waals surface area contributed by atoms with E-state index >= 15 is 0 Å². The first-order valence-corrected chi connectivity index (χ1v) is 6.15. The van der Waals surface area contributed by atoms with Crippen molar-refractivity contribution in [2.75, 3.05) is 30.4 Å². The van der Waals surface area contributed by atoms with Gasteiger partial charge in [-0.25, -0.2) is 4.98 Å². The highest BCUT2D eigenvalue weighted by atomic mass is 16.6. The van der Waals surface area contributed by atoms with Crippen molar-refractivity contribution in [3.8, 4) is 0 Å². The number of aliphatic hydroxyl groups excluding tert-OH is 1. The molecule has 1 aromatic rings. The molecule has 0 bridgehead atoms. The van der Waals surface area contributed by atoms with Crippen LogP contribution >= 0.6 is 0 Å². The minimum absolute atomic E-state index is 0.0568. The Morgan fingerprint density at radius 2 is 2.37 bits per heavy atom. The molecular weight excluding hydrogens is 250 g/mol. The number of hydrogen-bond acceptors (Lipinski definition) is 7. The molecule has 0 saturated carbocycles. The molecule has 1 aliphatic rings. The molecule has 104 valence electrons. The van der Waals surface area contributed by atoms with Gasteiger partial charge in [-0.2, -0.15) is 4.98 Å². The summed E-state index contributed by atoms with van der Waals surface area (Å²) in [6, 6.07) is 0. The van der Waals surface area contributed by atoms with Gasteiger partial charge in [-0.15, -0.1) is 0 Å². The van der Waals surface area contributed by atoms with Crippen molar-refractivity contribution in [2.45, 2.75) is 19.4 Å². The number of nitro groups is 1. The summed E-state index contributed by atoms with van der Waals surface area (Å²) in [6.45, 7) is 3.01. The molecule has 0 spiro atoms. The van der Waals surface area contributed by atoms with E-state index in [1.807, 2.05) is 11.8 Å². The number of nitrogens with zero attached hydrogens (tertiary/aromatic N) is 4. The molecular formula is C11H17N5O3. The maximum atomic E-state index is 11.0. The number of piperidine rings is 1. The van der Waals surface area contributed by atoms with E-state index in [0.29, 0.717) is 31.3 Å². The van der Waals surface area contributed by atoms with E-state index in [-0.39, 0.29) is 17.7 Å². The van der Waals surface area contributed by atoms with E-state index in [0.717, 1.165) is 0 Å². The monoisotopic (exact) mass is 267 g/mol. The summed E-state index contributed by atoms with van der Waals surface area (Å²) in [5.74, 6) is 0.712. The van der Waals surface area contributed by atoms with Gasteiger partial charge in [-0.3, -0.25) is 10.1 Å². The number of aromatic nitrogens is 2. The average molecular weight is 267 g/mol. The first-order chi connectivity index (χ1) is 9.02. The Morgan fingerprint density at radius 1 is 1.63 bits per heavy atom. The standard InChI is InChI=1S/C11H17N5O3/c1-7-6-15(4-3-9(7)17)10-8(16(18)19)5-13-11(12-2)14-10/h5,7,9,17H,3-4,6H2,1-2H3,(H,12,13,14). The minimum atomic E-state index is -0.482. The summed E-state index contributed by atoms with van der Waals surface area (Å²) < 4.78 is 0. The second kappa shape index (κ2) is 5.35. The van der Waals surface area contributed by atoms with Crippen LogP contribution in [0.3, 0.4) is 0 Å². The van der Waals surface area contributed by atoms with E-state index in [4.69, 9.17) is 0 Å². The summed E-state index contributed by atoms with van der Waals surface area (Å²) in [5.41, 5.74) is -0.109. The Balaban J connectivity index is 2.34. The Labute approximate surface area is 110 Å². The molecule has 19 heavy (non-hydrogen) atoms. The van der Waals surface area contributed by atoms with Crippen LogP contribution in [0.15, 0.2) is 6.20 Å². The topological polar surface area (TPSA) is 104 Å². The molecule has 0 radical (unpaired) electrons. The van der Waals surface area contributed by atoms with Gasteiger partial charge in [0.25, 0.3) is 0 Å². The van der Waals surface area contributed by atoms with Gasteiger partial charge in [0.1, 0.15) is 6.20 Å². The van der Waals surface area contributed by atoms with Crippen LogP contribution in [0.2, 0.25) is 0 Å². The summed E-state index contributed by atoms with van der Waals surface area (Å²) in [6.07, 6.45) is 1.43. The van der Waals surface area contributed by atoms with Crippen LogP contribution in [0.1, 0.15) is 13.3 Å². The predicted molar refractivity (Wildman–Crippen MR) is 70.2 cm³/mol. The molecule has 0 aliphatic carbocycles. The zero-order valence-electron chi connectivity index (χ0n) is 10.9. The van der Waals surface area contributed by atoms with Crippen LogP contribution in [-0.2, 0) is 0 Å². The fourth-order valence-corrected chi connectivity index (χ4v) is 2.17. The highest BCUT2D eigenvalue weighted by molar-refractivity contribution is 5.59. The fraction of sp³-hybridized carbons (Fsp3) is 0.636. The normalized spacial score (nSPS) is 23.2. The second-order valence-electron chi connectivity index (χ2n) is 4.69. The Kier molecular flexibility index (Phi) is 3.79. The van der Waals surface area contributed by atoms with Crippen molar-refractivity contribution in [1.82, 2.24) is 9.97 Å². The summed E-state index contributed by atoms with van der Waals surface area (Å²) in [4.78, 5) is 20.4. The average Bonchev–Trinajstić information content (AvgIpc) is 2.41. The van der Waals surface area contributed by atoms with Crippen LogP contribution in [-0.4, -0.2) is 46.2 Å². The molecule has 2 atom stereocenters. The SMILES string of the molecule is CNc1ncc([N+](=O)[O-])c(N2CCC(O)C(C)C2)n1. The molecule has 1 aromatic heterocycles. The first kappa shape index (κ1) is 13.5. The van der Waals surface area contributed by atoms with Crippen LogP contribution in [0.25, 0.3) is 0 Å². The van der Waals surface area contributed by atoms with Crippen LogP contribution in [0, 0.1) is 16.0 Å². The van der Waals surface area contributed by atoms with Crippen molar-refractivity contribution in [3.05, 3.63) is 16.3 Å². The zero-order valence-corrected chi connectivity index (χ0v) is 10.9. The molecule has 1 saturated heterocycles. The maximum absolute atomic E-state index is 11.0. The molecule has 8 heteroatoms. The fourth-order valence-electron chi connectivity index (χ4n) is 2.17. The molecule has 1 fully saturated rings. The highest BCUT2D eigenvalue weighted by Gasteiger charge is 2.30. The van der Waals surface area contributed by atoms with Crippen molar-refractivity contribution in [1.29, 1.82) is 0 Å². The summed E-state index contributed by atoms with van der Waals surface area (Å²) in [7, 11) is 1.66. The first-order valence-electron chi connectivity index (χ1n) is 6.15. The largest absolute Gasteiger partial charge is 0.393 e. The zero-order chi connectivity index (χ0) is 14.0. The lowest BCUT2D eigenvalue weighted by molar-refractivity contribution is -0.384. The van der Waals surface area contributed by atoms with Gasteiger partial charge in [0.15, 0.2) is 0 Å². The third kappa shape index (κ3) is 2.73. The predicted octanol–water partition coefficient (Wildman–Crippen LogP) is 0.634. The van der Waals surface area contributed by atoms with Gasteiger partial charge in [-0.1, -0.05) is 6.92 Å². The molecule has 2 rings (SSSR count). The second-order valence-corrected chi connectivity index (χ2v) is 4.69. The van der Waals surface area contributed by atoms with E-state index in [9.17, 15) is 15.2 Å². The Bertz CT molecular complexity index is 481. The van der Waals surface area contributed by atoms with Gasteiger partial charge in [0.05, 0.1) is 11.0 Å². The number of aliphatic hydroxyl groups is 1. The number of rotatable bonds is 3. The number of hydrogen-bond donors (Lipinski definition) is 2. The lowest BCUT2D eigenvalue weighted by Crippen LogP contribution is -2.42. The molecule has 2 heterocycles. The van der Waals surface area contributed by atoms with Crippen molar-refractivity contribution in [2.24, 2.45) is 5.92 Å². The lowest BCUT2D eigenvalue weighted by Gasteiger charge is -2.34. The molecule has 0 amide bonds. The molecule has 8 nitrogen and oxygen atoms in total. The van der Waals surface area contributed by atoms with Crippen molar-refractivity contribution < 1.29 is 10.0 Å². The summed E-state index contributed by atoms with van der Waals surface area (Å²) >= 11 is 0. The van der Waals surface area contributed by atoms with Gasteiger partial charge in [-0.05, 0) is 12.3 Å². The van der Waals surface area contributed by atoms with Crippen LogP contribution in [0.5, 0.6) is 0 Å². The molecule has 0 aromatic carbocycles. The van der Waals surface area contributed by atoms with Gasteiger partial charge in [0, 0.05) is 20.1 Å². The maximum Gasteiger partial charge on any atom is 0.329 e. The Hall–Kier alpha value is -1.96. The molecule has 1 aliphatic heterocycles. The number of anilines is 2. The van der Waals surface area contributed by atoms with E-state index in [1.165, 1.54) is 6.20 Å². The van der Waals surface area contributed by atoms with Crippen LogP contribution in [0.4, 0.5) is 17.5 Å². The van der Waals surface area contributed by atoms with Crippen molar-refractivity contribution in [3.63, 3.8) is 0 Å². The van der Waals surface area contributed by atoms with Crippen LogP contribution < -0.4 is 10.2 Å². The minimum Gasteiger partial charge on any atom is -0.393 e. The van der Waals surface area contributed by atoms with Gasteiger partial charge < -0.3 is 15.3 Å². The summed E-state index contributed by atoms with van der Waals surface area (Å²) in [5, 5.41) is 23.5. The molecule has 2 N–H and O–H groups in total. The smallest absolute Gasteiger partial charge is 0.329 e. The highest BCUT2D eigenvalue weighted by Crippen LogP contribution is 2.29. The van der Waals surface area contributed by atoms with E-state index in [2.05, 4.69) is 15.3 Å². The quantitative estimate of drug-likeness (QED) is 0.611. The van der Waals surface area contributed by atoms with E-state index in [1.54, 1.807) is 7.05 Å². The lowest BCUT2D eigenvalue weighted by atomic mass is 9.97. The molecule has 2 unspecified atom stereocenters. The third-order valence-corrected chi connectivity index (χ3v) is 3.33. The Morgan fingerprint density at radius 3 is 2.95 bits per heavy atom. The van der Waals surface area contributed by atoms with E-state index < -0.39 is 4.92 Å². The van der Waals surface area contributed by atoms with Gasteiger partial charge in [0.2, 0.25) is 11.8 Å². The third-order valence-electron chi connectivity index (χ3n) is 3.33. The van der Waals surface area contributed by atoms with Crippen molar-refractivity contribution >= 4 is 17.5 Å². The number of nitrogens with one attached hydrogen (secondary N) is 1.